The summed E-state index contributed by atoms with van der Waals surface area (Å²) in [7, 11) is 0. The highest BCUT2D eigenvalue weighted by Crippen LogP contribution is 2.33. The molecule has 5 rings (SSSR count). The number of nitrogens with one attached hydrogen (secondary N) is 3. The SMILES string of the molecule is CCNC(=O)c1ccc(NC(=O)c2ccc(CN(C(=O)c3ccc4c(c3)OCC(=O)N4)C3CC3)cc2)nc1. The lowest BCUT2D eigenvalue weighted by Crippen LogP contribution is -2.33. The molecule has 3 N–H and O–H groups in total. The number of nitrogens with zero attached hydrogens (tertiary/aromatic N) is 2. The first kappa shape index (κ1) is 24.9. The molecule has 1 aliphatic carbocycles. The number of amides is 4. The molecular weight excluding hydrogens is 486 g/mol. The quantitative estimate of drug-likeness (QED) is 0.424. The van der Waals surface area contributed by atoms with E-state index in [9.17, 15) is 19.2 Å². The Kier molecular flexibility index (Phi) is 7.03. The second kappa shape index (κ2) is 10.7. The largest absolute Gasteiger partial charge is 0.482 e. The molecule has 1 aromatic heterocycles. The molecule has 4 amide bonds. The fourth-order valence-corrected chi connectivity index (χ4v) is 4.14. The highest BCUT2D eigenvalue weighted by molar-refractivity contribution is 6.04. The zero-order chi connectivity index (χ0) is 26.6. The molecule has 0 bridgehead atoms. The van der Waals surface area contributed by atoms with Crippen LogP contribution in [0.4, 0.5) is 11.5 Å². The Balaban J connectivity index is 1.23. The minimum atomic E-state index is -0.328. The van der Waals surface area contributed by atoms with Crippen molar-refractivity contribution in [1.29, 1.82) is 0 Å². The molecule has 10 nitrogen and oxygen atoms in total. The van der Waals surface area contributed by atoms with Gasteiger partial charge < -0.3 is 25.6 Å². The average molecular weight is 514 g/mol. The number of anilines is 2. The van der Waals surface area contributed by atoms with Crippen LogP contribution in [0.1, 0.15) is 56.4 Å². The fourth-order valence-electron chi connectivity index (χ4n) is 4.14. The highest BCUT2D eigenvalue weighted by atomic mass is 16.5. The van der Waals surface area contributed by atoms with Crippen molar-refractivity contribution in [1.82, 2.24) is 15.2 Å². The molecule has 0 saturated heterocycles. The van der Waals surface area contributed by atoms with E-state index in [4.69, 9.17) is 4.74 Å². The topological polar surface area (TPSA) is 130 Å². The van der Waals surface area contributed by atoms with E-state index in [1.165, 1.54) is 6.20 Å². The lowest BCUT2D eigenvalue weighted by atomic mass is 10.1. The number of ether oxygens (including phenoxy) is 1. The Morgan fingerprint density at radius 3 is 2.42 bits per heavy atom. The predicted octanol–water partition coefficient (Wildman–Crippen LogP) is 3.22. The van der Waals surface area contributed by atoms with E-state index >= 15 is 0 Å². The molecule has 2 heterocycles. The molecule has 0 unspecified atom stereocenters. The number of rotatable bonds is 8. The molecule has 0 atom stereocenters. The number of benzene rings is 2. The Morgan fingerprint density at radius 1 is 1.00 bits per heavy atom. The van der Waals surface area contributed by atoms with Crippen LogP contribution in [0.3, 0.4) is 0 Å². The van der Waals surface area contributed by atoms with Gasteiger partial charge in [-0.25, -0.2) is 4.98 Å². The third-order valence-electron chi connectivity index (χ3n) is 6.28. The predicted molar refractivity (Wildman–Crippen MR) is 140 cm³/mol. The number of hydrogen-bond donors (Lipinski definition) is 3. The van der Waals surface area contributed by atoms with Gasteiger partial charge in [0.05, 0.1) is 11.3 Å². The lowest BCUT2D eigenvalue weighted by molar-refractivity contribution is -0.118. The summed E-state index contributed by atoms with van der Waals surface area (Å²) in [6.45, 7) is 2.68. The van der Waals surface area contributed by atoms with E-state index < -0.39 is 0 Å². The summed E-state index contributed by atoms with van der Waals surface area (Å²) in [6, 6.07) is 15.4. The van der Waals surface area contributed by atoms with Crippen molar-refractivity contribution in [3.8, 4) is 5.75 Å². The van der Waals surface area contributed by atoms with Gasteiger partial charge in [-0.3, -0.25) is 19.2 Å². The van der Waals surface area contributed by atoms with Gasteiger partial charge in [-0.1, -0.05) is 12.1 Å². The van der Waals surface area contributed by atoms with Crippen molar-refractivity contribution in [3.05, 3.63) is 83.0 Å². The maximum absolute atomic E-state index is 13.3. The molecule has 194 valence electrons. The van der Waals surface area contributed by atoms with Crippen LogP contribution in [-0.2, 0) is 11.3 Å². The smallest absolute Gasteiger partial charge is 0.262 e. The van der Waals surface area contributed by atoms with Crippen molar-refractivity contribution in [2.24, 2.45) is 0 Å². The van der Waals surface area contributed by atoms with Crippen LogP contribution in [0.25, 0.3) is 0 Å². The Hall–Kier alpha value is -4.73. The summed E-state index contributed by atoms with van der Waals surface area (Å²) in [5.41, 5.74) is 2.80. The number of carbonyl (C=O) groups is 4. The molecule has 2 aromatic carbocycles. The van der Waals surface area contributed by atoms with Gasteiger partial charge in [-0.05, 0) is 67.8 Å². The van der Waals surface area contributed by atoms with Crippen LogP contribution in [0, 0.1) is 0 Å². The summed E-state index contributed by atoms with van der Waals surface area (Å²) in [5, 5.41) is 8.15. The Labute approximate surface area is 219 Å². The number of fused-ring (bicyclic) bond motifs is 1. The maximum Gasteiger partial charge on any atom is 0.262 e. The van der Waals surface area contributed by atoms with Crippen LogP contribution >= 0.6 is 0 Å². The second-order valence-corrected chi connectivity index (χ2v) is 9.15. The van der Waals surface area contributed by atoms with Crippen molar-refractivity contribution in [3.63, 3.8) is 0 Å². The van der Waals surface area contributed by atoms with Crippen molar-refractivity contribution >= 4 is 35.1 Å². The third kappa shape index (κ3) is 5.64. The van der Waals surface area contributed by atoms with Gasteiger partial charge in [0.1, 0.15) is 11.6 Å². The van der Waals surface area contributed by atoms with E-state index in [-0.39, 0.29) is 36.3 Å². The first-order valence-corrected chi connectivity index (χ1v) is 12.4. The monoisotopic (exact) mass is 513 g/mol. The van der Waals surface area contributed by atoms with Gasteiger partial charge in [0.15, 0.2) is 6.61 Å². The Bertz CT molecular complexity index is 1380. The summed E-state index contributed by atoms with van der Waals surface area (Å²) >= 11 is 0. The lowest BCUT2D eigenvalue weighted by Gasteiger charge is -2.24. The Morgan fingerprint density at radius 2 is 1.74 bits per heavy atom. The minimum absolute atomic E-state index is 0.0750. The molecule has 1 saturated carbocycles. The second-order valence-electron chi connectivity index (χ2n) is 9.15. The first-order chi connectivity index (χ1) is 18.4. The van der Waals surface area contributed by atoms with Crippen LogP contribution in [0.2, 0.25) is 0 Å². The molecule has 0 radical (unpaired) electrons. The summed E-state index contributed by atoms with van der Waals surface area (Å²) in [4.78, 5) is 55.4. The van der Waals surface area contributed by atoms with Gasteiger partial charge >= 0.3 is 0 Å². The van der Waals surface area contributed by atoms with Crippen molar-refractivity contribution in [2.75, 3.05) is 23.8 Å². The molecule has 3 aromatic rings. The number of hydrogen-bond acceptors (Lipinski definition) is 6. The maximum atomic E-state index is 13.3. The van der Waals surface area contributed by atoms with E-state index in [0.29, 0.717) is 47.0 Å². The van der Waals surface area contributed by atoms with Crippen LogP contribution in [0.5, 0.6) is 5.75 Å². The van der Waals surface area contributed by atoms with Gasteiger partial charge in [-0.15, -0.1) is 0 Å². The summed E-state index contributed by atoms with van der Waals surface area (Å²) in [5.74, 6) is -0.0634. The number of carbonyl (C=O) groups excluding carboxylic acids is 4. The standard InChI is InChI=1S/C28H27N5O5/c1-2-29-26(35)20-8-12-24(30-14-20)32-27(36)18-5-3-17(4-6-18)15-33(21-9-10-21)28(37)19-7-11-22-23(13-19)38-16-25(34)31-22/h3-8,11-14,21H,2,9-10,15-16H2,1H3,(H,29,35)(H,31,34)(H,30,32,36). The van der Waals surface area contributed by atoms with E-state index in [1.807, 2.05) is 24.0 Å². The average Bonchev–Trinajstić information content (AvgIpc) is 3.77. The van der Waals surface area contributed by atoms with Gasteiger partial charge in [0.2, 0.25) is 0 Å². The van der Waals surface area contributed by atoms with E-state index in [0.717, 1.165) is 18.4 Å². The zero-order valence-corrected chi connectivity index (χ0v) is 20.8. The van der Waals surface area contributed by atoms with Crippen LogP contribution in [0.15, 0.2) is 60.8 Å². The first-order valence-electron chi connectivity index (χ1n) is 12.4. The summed E-state index contributed by atoms with van der Waals surface area (Å²) < 4.78 is 5.46. The van der Waals surface area contributed by atoms with Crippen molar-refractivity contribution < 1.29 is 23.9 Å². The third-order valence-corrected chi connectivity index (χ3v) is 6.28. The fraction of sp³-hybridized carbons (Fsp3) is 0.250. The van der Waals surface area contributed by atoms with Crippen LogP contribution < -0.4 is 20.7 Å². The highest BCUT2D eigenvalue weighted by Gasteiger charge is 2.33. The van der Waals surface area contributed by atoms with Crippen LogP contribution in [-0.4, -0.2) is 52.7 Å². The molecule has 10 heteroatoms. The normalized spacial score (nSPS) is 14.0. The molecule has 1 aliphatic heterocycles. The number of aromatic nitrogens is 1. The van der Waals surface area contributed by atoms with Crippen molar-refractivity contribution in [2.45, 2.75) is 32.4 Å². The minimum Gasteiger partial charge on any atom is -0.482 e. The zero-order valence-electron chi connectivity index (χ0n) is 20.8. The van der Waals surface area contributed by atoms with Gasteiger partial charge in [0.25, 0.3) is 23.6 Å². The molecular formula is C28H27N5O5. The van der Waals surface area contributed by atoms with Gasteiger partial charge in [-0.2, -0.15) is 0 Å². The molecule has 38 heavy (non-hydrogen) atoms. The summed E-state index contributed by atoms with van der Waals surface area (Å²) in [6.07, 6.45) is 3.29. The van der Waals surface area contributed by atoms with E-state index in [1.54, 1.807) is 42.5 Å². The molecule has 2 aliphatic rings. The van der Waals surface area contributed by atoms with E-state index in [2.05, 4.69) is 20.9 Å². The van der Waals surface area contributed by atoms with Gasteiger partial charge in [0, 0.05) is 36.5 Å². The number of pyridine rings is 1. The molecule has 0 spiro atoms. The molecule has 1 fully saturated rings.